The van der Waals surface area contributed by atoms with Crippen LogP contribution >= 0.6 is 11.6 Å². The van der Waals surface area contributed by atoms with Crippen molar-refractivity contribution in [3.63, 3.8) is 0 Å². The molecule has 0 unspecified atom stereocenters. The SMILES string of the molecule is Cc1ccc(NS(=O)(=O)c2cc(C=Cc3onc(C)c3[N+](=O)[O-])ccc2C)cc1Cl. The standard InChI is InChI=1S/C20H18ClN3O5S/c1-12-5-8-16(11-17(12)21)23-30(27,28)19-10-15(6-4-13(19)2)7-9-18-20(24(25)26)14(3)22-29-18/h4-11,23H,1-3H3. The molecule has 0 amide bonds. The fourth-order valence-corrected chi connectivity index (χ4v) is 4.27. The maximum Gasteiger partial charge on any atom is 0.338 e. The molecule has 0 spiro atoms. The normalized spacial score (nSPS) is 11.7. The van der Waals surface area contributed by atoms with Crippen LogP contribution in [0.4, 0.5) is 11.4 Å². The van der Waals surface area contributed by atoms with Crippen molar-refractivity contribution in [2.45, 2.75) is 25.7 Å². The lowest BCUT2D eigenvalue weighted by atomic mass is 10.1. The maximum absolute atomic E-state index is 12.9. The van der Waals surface area contributed by atoms with Crippen molar-refractivity contribution in [1.29, 1.82) is 0 Å². The molecular formula is C20H18ClN3O5S. The highest BCUT2D eigenvalue weighted by molar-refractivity contribution is 7.92. The van der Waals surface area contributed by atoms with E-state index in [-0.39, 0.29) is 22.0 Å². The third-order valence-corrected chi connectivity index (χ3v) is 6.32. The van der Waals surface area contributed by atoms with E-state index in [0.717, 1.165) is 5.56 Å². The average molecular weight is 448 g/mol. The van der Waals surface area contributed by atoms with Crippen LogP contribution < -0.4 is 4.72 Å². The number of hydrogen-bond donors (Lipinski definition) is 1. The summed E-state index contributed by atoms with van der Waals surface area (Å²) in [6, 6.07) is 9.71. The van der Waals surface area contributed by atoms with E-state index in [9.17, 15) is 18.5 Å². The van der Waals surface area contributed by atoms with E-state index >= 15 is 0 Å². The van der Waals surface area contributed by atoms with Gasteiger partial charge in [-0.2, -0.15) is 0 Å². The first-order valence-electron chi connectivity index (χ1n) is 8.77. The second-order valence-electron chi connectivity index (χ2n) is 6.67. The smallest absolute Gasteiger partial charge is 0.338 e. The number of halogens is 1. The Morgan fingerprint density at radius 3 is 2.47 bits per heavy atom. The molecule has 1 heterocycles. The molecule has 0 radical (unpaired) electrons. The van der Waals surface area contributed by atoms with Crippen molar-refractivity contribution < 1.29 is 17.9 Å². The molecule has 0 fully saturated rings. The minimum atomic E-state index is -3.88. The van der Waals surface area contributed by atoms with Gasteiger partial charge in [-0.3, -0.25) is 14.8 Å². The van der Waals surface area contributed by atoms with Gasteiger partial charge in [-0.15, -0.1) is 0 Å². The van der Waals surface area contributed by atoms with Crippen LogP contribution in [0.1, 0.15) is 28.1 Å². The van der Waals surface area contributed by atoms with Gasteiger partial charge in [0.25, 0.3) is 10.0 Å². The Morgan fingerprint density at radius 2 is 1.80 bits per heavy atom. The van der Waals surface area contributed by atoms with E-state index in [4.69, 9.17) is 16.1 Å². The molecule has 1 N–H and O–H groups in total. The van der Waals surface area contributed by atoms with E-state index < -0.39 is 14.9 Å². The van der Waals surface area contributed by atoms with Crippen LogP contribution in [0.15, 0.2) is 45.8 Å². The summed E-state index contributed by atoms with van der Waals surface area (Å²) < 4.78 is 33.3. The van der Waals surface area contributed by atoms with Gasteiger partial charge in [0.1, 0.15) is 0 Å². The summed E-state index contributed by atoms with van der Waals surface area (Å²) in [4.78, 5) is 10.6. The fourth-order valence-electron chi connectivity index (χ4n) is 2.76. The summed E-state index contributed by atoms with van der Waals surface area (Å²) >= 11 is 6.08. The first-order chi connectivity index (χ1) is 14.1. The first kappa shape index (κ1) is 21.5. The molecule has 0 aliphatic heterocycles. The van der Waals surface area contributed by atoms with Crippen LogP contribution in [-0.2, 0) is 10.0 Å². The Balaban J connectivity index is 1.93. The van der Waals surface area contributed by atoms with Crippen LogP contribution in [0.3, 0.4) is 0 Å². The number of aryl methyl sites for hydroxylation is 3. The summed E-state index contributed by atoms with van der Waals surface area (Å²) in [7, 11) is -3.88. The number of benzene rings is 2. The van der Waals surface area contributed by atoms with Crippen LogP contribution in [-0.4, -0.2) is 18.5 Å². The van der Waals surface area contributed by atoms with Gasteiger partial charge >= 0.3 is 5.69 Å². The number of rotatable bonds is 6. The zero-order chi connectivity index (χ0) is 22.1. The van der Waals surface area contributed by atoms with Crippen molar-refractivity contribution in [3.05, 3.63) is 79.7 Å². The zero-order valence-corrected chi connectivity index (χ0v) is 17.9. The van der Waals surface area contributed by atoms with Crippen LogP contribution in [0.5, 0.6) is 0 Å². The summed E-state index contributed by atoms with van der Waals surface area (Å²) in [6.45, 7) is 4.97. The Kier molecular flexibility index (Phi) is 5.95. The van der Waals surface area contributed by atoms with E-state index in [1.165, 1.54) is 25.1 Å². The lowest BCUT2D eigenvalue weighted by molar-refractivity contribution is -0.386. The fraction of sp³-hybridized carbons (Fsp3) is 0.150. The van der Waals surface area contributed by atoms with Crippen molar-refractivity contribution in [2.24, 2.45) is 0 Å². The van der Waals surface area contributed by atoms with Crippen LogP contribution in [0.25, 0.3) is 12.2 Å². The number of nitrogens with zero attached hydrogens (tertiary/aromatic N) is 2. The number of anilines is 1. The van der Waals surface area contributed by atoms with E-state index in [2.05, 4.69) is 9.88 Å². The van der Waals surface area contributed by atoms with Gasteiger partial charge in [-0.25, -0.2) is 8.42 Å². The molecule has 8 nitrogen and oxygen atoms in total. The maximum atomic E-state index is 12.9. The van der Waals surface area contributed by atoms with E-state index in [1.807, 2.05) is 6.92 Å². The number of nitrogens with one attached hydrogen (secondary N) is 1. The lowest BCUT2D eigenvalue weighted by Gasteiger charge is -2.12. The van der Waals surface area contributed by atoms with E-state index in [0.29, 0.717) is 21.8 Å². The molecule has 0 atom stereocenters. The Hall–Kier alpha value is -3.17. The largest absolute Gasteiger partial charge is 0.349 e. The molecule has 0 bridgehead atoms. The highest BCUT2D eigenvalue weighted by atomic mass is 35.5. The first-order valence-corrected chi connectivity index (χ1v) is 10.6. The number of hydrogen-bond acceptors (Lipinski definition) is 6. The predicted octanol–water partition coefficient (Wildman–Crippen LogP) is 5.13. The molecule has 0 saturated carbocycles. The molecule has 3 rings (SSSR count). The minimum Gasteiger partial charge on any atom is -0.349 e. The van der Waals surface area contributed by atoms with Gasteiger partial charge in [0.05, 0.1) is 15.5 Å². The Labute approximate surface area is 178 Å². The van der Waals surface area contributed by atoms with Crippen LogP contribution in [0, 0.1) is 30.9 Å². The molecule has 156 valence electrons. The van der Waals surface area contributed by atoms with Crippen LogP contribution in [0.2, 0.25) is 5.02 Å². The molecule has 30 heavy (non-hydrogen) atoms. The molecule has 0 aliphatic carbocycles. The third-order valence-electron chi connectivity index (χ3n) is 4.39. The summed E-state index contributed by atoms with van der Waals surface area (Å²) in [5, 5.41) is 15.2. The second-order valence-corrected chi connectivity index (χ2v) is 8.72. The monoisotopic (exact) mass is 447 g/mol. The predicted molar refractivity (Wildman–Crippen MR) is 115 cm³/mol. The summed E-state index contributed by atoms with van der Waals surface area (Å²) in [6.07, 6.45) is 2.90. The average Bonchev–Trinajstić information content (AvgIpc) is 3.04. The van der Waals surface area contributed by atoms with Gasteiger partial charge in [0.2, 0.25) is 5.76 Å². The zero-order valence-electron chi connectivity index (χ0n) is 16.3. The Morgan fingerprint density at radius 1 is 1.10 bits per heavy atom. The van der Waals surface area contributed by atoms with E-state index in [1.54, 1.807) is 37.3 Å². The second kappa shape index (κ2) is 8.29. The molecule has 10 heteroatoms. The van der Waals surface area contributed by atoms with Gasteiger partial charge in [-0.05, 0) is 61.7 Å². The molecule has 0 saturated heterocycles. The number of nitro groups is 1. The third kappa shape index (κ3) is 4.52. The summed E-state index contributed by atoms with van der Waals surface area (Å²) in [5.74, 6) is -0.0186. The van der Waals surface area contributed by atoms with Crippen molar-refractivity contribution in [2.75, 3.05) is 4.72 Å². The number of aromatic nitrogens is 1. The van der Waals surface area contributed by atoms with Crippen molar-refractivity contribution in [1.82, 2.24) is 5.16 Å². The van der Waals surface area contributed by atoms with Gasteiger partial charge < -0.3 is 4.52 Å². The molecular weight excluding hydrogens is 430 g/mol. The van der Waals surface area contributed by atoms with Gasteiger partial charge in [-0.1, -0.05) is 41.0 Å². The highest BCUT2D eigenvalue weighted by Crippen LogP contribution is 2.27. The van der Waals surface area contributed by atoms with Gasteiger partial charge in [0, 0.05) is 5.02 Å². The van der Waals surface area contributed by atoms with Crippen molar-refractivity contribution in [3.8, 4) is 0 Å². The number of sulfonamides is 1. The lowest BCUT2D eigenvalue weighted by Crippen LogP contribution is -2.14. The topological polar surface area (TPSA) is 115 Å². The quantitative estimate of drug-likeness (QED) is 0.413. The summed E-state index contributed by atoms with van der Waals surface area (Å²) in [5.41, 5.74) is 2.17. The Bertz CT molecular complexity index is 1270. The highest BCUT2D eigenvalue weighted by Gasteiger charge is 2.22. The molecule has 0 aliphatic rings. The molecule has 1 aromatic heterocycles. The molecule has 3 aromatic rings. The van der Waals surface area contributed by atoms with Crippen molar-refractivity contribution >= 4 is 45.2 Å². The molecule has 2 aromatic carbocycles. The van der Waals surface area contributed by atoms with Gasteiger partial charge in [0.15, 0.2) is 5.69 Å². The minimum absolute atomic E-state index is 0.0186.